The van der Waals surface area contributed by atoms with Gasteiger partial charge in [0.25, 0.3) is 5.69 Å². The van der Waals surface area contributed by atoms with Crippen molar-refractivity contribution in [2.24, 2.45) is 5.92 Å². The van der Waals surface area contributed by atoms with E-state index in [1.54, 1.807) is 33.0 Å². The van der Waals surface area contributed by atoms with Gasteiger partial charge < -0.3 is 9.64 Å². The molecule has 1 amide bonds. The highest BCUT2D eigenvalue weighted by molar-refractivity contribution is 6.09. The van der Waals surface area contributed by atoms with E-state index in [2.05, 4.69) is 0 Å². The highest BCUT2D eigenvalue weighted by atomic mass is 16.6. The standard InChI is InChI=1S/C22H22N2O4/c1-15(2)22(25)23(3)21-18-12-8-7-11-17(18)20(13-19(21)24(26)27)28-14-16-9-5-4-6-10-16/h4-13,15H,14H2,1-3H3. The van der Waals surface area contributed by atoms with Crippen LogP contribution in [0.5, 0.6) is 5.75 Å². The molecule has 0 bridgehead atoms. The van der Waals surface area contributed by atoms with Crippen LogP contribution >= 0.6 is 0 Å². The predicted octanol–water partition coefficient (Wildman–Crippen LogP) is 4.95. The fourth-order valence-electron chi connectivity index (χ4n) is 3.16. The summed E-state index contributed by atoms with van der Waals surface area (Å²) in [6, 6.07) is 18.3. The molecule has 0 aliphatic heterocycles. The number of rotatable bonds is 6. The van der Waals surface area contributed by atoms with Crippen LogP contribution in [0.3, 0.4) is 0 Å². The number of nitrogens with zero attached hydrogens (tertiary/aromatic N) is 2. The van der Waals surface area contributed by atoms with Crippen molar-refractivity contribution in [3.63, 3.8) is 0 Å². The average Bonchev–Trinajstić information content (AvgIpc) is 2.71. The minimum Gasteiger partial charge on any atom is -0.488 e. The van der Waals surface area contributed by atoms with Crippen LogP contribution in [0.15, 0.2) is 60.7 Å². The van der Waals surface area contributed by atoms with Gasteiger partial charge >= 0.3 is 0 Å². The molecule has 0 saturated heterocycles. The van der Waals surface area contributed by atoms with Crippen molar-refractivity contribution in [3.8, 4) is 5.75 Å². The first kappa shape index (κ1) is 19.4. The van der Waals surface area contributed by atoms with Crippen LogP contribution in [0.25, 0.3) is 10.8 Å². The number of amides is 1. The van der Waals surface area contributed by atoms with Crippen LogP contribution in [-0.2, 0) is 11.4 Å². The van der Waals surface area contributed by atoms with Gasteiger partial charge in [0.15, 0.2) is 0 Å². The highest BCUT2D eigenvalue weighted by Crippen LogP contribution is 2.41. The molecule has 0 heterocycles. The summed E-state index contributed by atoms with van der Waals surface area (Å²) in [5.41, 5.74) is 1.09. The lowest BCUT2D eigenvalue weighted by molar-refractivity contribution is -0.384. The number of carbonyl (C=O) groups excluding carboxylic acids is 1. The van der Waals surface area contributed by atoms with E-state index in [1.165, 1.54) is 11.0 Å². The third kappa shape index (κ3) is 3.81. The molecule has 0 unspecified atom stereocenters. The normalized spacial score (nSPS) is 10.9. The van der Waals surface area contributed by atoms with Crippen molar-refractivity contribution in [1.29, 1.82) is 0 Å². The van der Waals surface area contributed by atoms with Gasteiger partial charge in [0.2, 0.25) is 5.91 Å². The third-order valence-electron chi connectivity index (χ3n) is 4.55. The lowest BCUT2D eigenvalue weighted by atomic mass is 10.0. The SMILES string of the molecule is CC(C)C(=O)N(C)c1c([N+](=O)[O-])cc(OCc2ccccc2)c2ccccc12. The van der Waals surface area contributed by atoms with Crippen molar-refractivity contribution in [1.82, 2.24) is 0 Å². The van der Waals surface area contributed by atoms with Crippen molar-refractivity contribution in [2.75, 3.05) is 11.9 Å². The molecule has 6 nitrogen and oxygen atoms in total. The first-order chi connectivity index (χ1) is 13.4. The average molecular weight is 378 g/mol. The molecule has 0 aromatic heterocycles. The lowest BCUT2D eigenvalue weighted by Gasteiger charge is -2.22. The van der Waals surface area contributed by atoms with Crippen LogP contribution in [0.4, 0.5) is 11.4 Å². The maximum atomic E-state index is 12.5. The largest absolute Gasteiger partial charge is 0.488 e. The van der Waals surface area contributed by atoms with Crippen LogP contribution in [0.2, 0.25) is 0 Å². The van der Waals surface area contributed by atoms with Gasteiger partial charge in [-0.05, 0) is 5.56 Å². The summed E-state index contributed by atoms with van der Waals surface area (Å²) in [5.74, 6) is -0.0520. The number of fused-ring (bicyclic) bond motifs is 1. The Labute approximate surface area is 163 Å². The number of hydrogen-bond donors (Lipinski definition) is 0. The fourth-order valence-corrected chi connectivity index (χ4v) is 3.16. The molecule has 28 heavy (non-hydrogen) atoms. The maximum absolute atomic E-state index is 12.5. The van der Waals surface area contributed by atoms with Crippen LogP contribution in [0, 0.1) is 16.0 Å². The first-order valence-corrected chi connectivity index (χ1v) is 9.04. The second-order valence-corrected chi connectivity index (χ2v) is 6.87. The van der Waals surface area contributed by atoms with Gasteiger partial charge in [0.05, 0.1) is 11.0 Å². The van der Waals surface area contributed by atoms with Crippen molar-refractivity contribution in [3.05, 3.63) is 76.3 Å². The van der Waals surface area contributed by atoms with E-state index in [4.69, 9.17) is 4.74 Å². The topological polar surface area (TPSA) is 72.7 Å². The molecule has 0 fully saturated rings. The van der Waals surface area contributed by atoms with Crippen LogP contribution in [0.1, 0.15) is 19.4 Å². The summed E-state index contributed by atoms with van der Waals surface area (Å²) in [5, 5.41) is 13.1. The Morgan fingerprint density at radius 3 is 2.29 bits per heavy atom. The molecule has 0 N–H and O–H groups in total. The molecular formula is C22H22N2O4. The molecule has 0 aliphatic rings. The zero-order valence-electron chi connectivity index (χ0n) is 16.1. The Bertz CT molecular complexity index is 1020. The molecule has 3 aromatic rings. The first-order valence-electron chi connectivity index (χ1n) is 9.04. The van der Waals surface area contributed by atoms with E-state index in [0.29, 0.717) is 17.7 Å². The van der Waals surface area contributed by atoms with Gasteiger partial charge in [-0.15, -0.1) is 0 Å². The summed E-state index contributed by atoms with van der Waals surface area (Å²) in [6.07, 6.45) is 0. The summed E-state index contributed by atoms with van der Waals surface area (Å²) >= 11 is 0. The quantitative estimate of drug-likeness (QED) is 0.449. The zero-order valence-corrected chi connectivity index (χ0v) is 16.1. The number of carbonyl (C=O) groups is 1. The van der Waals surface area contributed by atoms with Crippen molar-refractivity contribution in [2.45, 2.75) is 20.5 Å². The van der Waals surface area contributed by atoms with Gasteiger partial charge in [-0.1, -0.05) is 68.4 Å². The van der Waals surface area contributed by atoms with E-state index in [1.807, 2.05) is 42.5 Å². The van der Waals surface area contributed by atoms with E-state index in [9.17, 15) is 14.9 Å². The van der Waals surface area contributed by atoms with Crippen molar-refractivity contribution >= 4 is 28.1 Å². The number of nitro benzene ring substituents is 1. The smallest absolute Gasteiger partial charge is 0.297 e. The molecule has 144 valence electrons. The number of anilines is 1. The Morgan fingerprint density at radius 2 is 1.68 bits per heavy atom. The zero-order chi connectivity index (χ0) is 20.3. The monoisotopic (exact) mass is 378 g/mol. The van der Waals surface area contributed by atoms with E-state index < -0.39 is 4.92 Å². The van der Waals surface area contributed by atoms with E-state index in [0.717, 1.165) is 10.9 Å². The Kier molecular flexibility index (Phi) is 5.59. The van der Waals surface area contributed by atoms with Crippen LogP contribution < -0.4 is 9.64 Å². The van der Waals surface area contributed by atoms with Gasteiger partial charge in [-0.25, -0.2) is 0 Å². The van der Waals surface area contributed by atoms with E-state index >= 15 is 0 Å². The van der Waals surface area contributed by atoms with Gasteiger partial charge in [-0.3, -0.25) is 14.9 Å². The number of ether oxygens (including phenoxy) is 1. The fraction of sp³-hybridized carbons (Fsp3) is 0.227. The minimum atomic E-state index is -0.471. The molecule has 6 heteroatoms. The second kappa shape index (κ2) is 8.08. The number of nitro groups is 1. The molecule has 0 spiro atoms. The van der Waals surface area contributed by atoms with E-state index in [-0.39, 0.29) is 23.2 Å². The van der Waals surface area contributed by atoms with Crippen molar-refractivity contribution < 1.29 is 14.5 Å². The minimum absolute atomic E-state index is 0.154. The summed E-state index contributed by atoms with van der Waals surface area (Å²) in [7, 11) is 1.57. The molecule has 0 atom stereocenters. The highest BCUT2D eigenvalue weighted by Gasteiger charge is 2.27. The Morgan fingerprint density at radius 1 is 1.07 bits per heavy atom. The van der Waals surface area contributed by atoms with Gasteiger partial charge in [0, 0.05) is 23.7 Å². The summed E-state index contributed by atoms with van der Waals surface area (Å²) in [6.45, 7) is 3.83. The third-order valence-corrected chi connectivity index (χ3v) is 4.55. The maximum Gasteiger partial charge on any atom is 0.297 e. The Balaban J connectivity index is 2.13. The molecular weight excluding hydrogens is 356 g/mol. The molecule has 0 aliphatic carbocycles. The molecule has 0 saturated carbocycles. The second-order valence-electron chi connectivity index (χ2n) is 6.87. The predicted molar refractivity (Wildman–Crippen MR) is 110 cm³/mol. The number of hydrogen-bond acceptors (Lipinski definition) is 4. The molecule has 0 radical (unpaired) electrons. The van der Waals surface area contributed by atoms with Gasteiger partial charge in [0.1, 0.15) is 18.0 Å². The number of benzene rings is 3. The lowest BCUT2D eigenvalue weighted by Crippen LogP contribution is -2.31. The summed E-state index contributed by atoms with van der Waals surface area (Å²) < 4.78 is 5.93. The molecule has 3 aromatic carbocycles. The Hall–Kier alpha value is -3.41. The summed E-state index contributed by atoms with van der Waals surface area (Å²) in [4.78, 5) is 25.2. The molecule has 3 rings (SSSR count). The van der Waals surface area contributed by atoms with Crippen LogP contribution in [-0.4, -0.2) is 17.9 Å². The van der Waals surface area contributed by atoms with Gasteiger partial charge in [-0.2, -0.15) is 0 Å².